The van der Waals surface area contributed by atoms with Crippen LogP contribution in [0.2, 0.25) is 0 Å². The molecule has 0 spiro atoms. The molecule has 1 aromatic carbocycles. The topological polar surface area (TPSA) is 134 Å². The first kappa shape index (κ1) is 23.7. The maximum absolute atomic E-state index is 12.8. The number of carbonyl (C=O) groups excluding carboxylic acids is 3. The van der Waals surface area contributed by atoms with Crippen molar-refractivity contribution in [3.8, 4) is 0 Å². The van der Waals surface area contributed by atoms with Crippen molar-refractivity contribution >= 4 is 50.7 Å². The predicted molar refractivity (Wildman–Crippen MR) is 129 cm³/mol. The van der Waals surface area contributed by atoms with Crippen LogP contribution in [0.5, 0.6) is 0 Å². The van der Waals surface area contributed by atoms with Crippen LogP contribution >= 0.6 is 0 Å². The summed E-state index contributed by atoms with van der Waals surface area (Å²) in [5, 5.41) is 2.79. The number of esters is 1. The van der Waals surface area contributed by atoms with Crippen LogP contribution in [0.25, 0.3) is 11.6 Å². The lowest BCUT2D eigenvalue weighted by Gasteiger charge is -2.11. The van der Waals surface area contributed by atoms with Crippen molar-refractivity contribution in [3.63, 3.8) is 0 Å². The van der Waals surface area contributed by atoms with Gasteiger partial charge in [0.2, 0.25) is 10.0 Å². The molecule has 2 heterocycles. The van der Waals surface area contributed by atoms with E-state index >= 15 is 0 Å². The predicted octanol–water partition coefficient (Wildman–Crippen LogP) is 3.28. The van der Waals surface area contributed by atoms with Crippen LogP contribution in [0, 0.1) is 0 Å². The fourth-order valence-electron chi connectivity index (χ4n) is 4.33. The van der Waals surface area contributed by atoms with Gasteiger partial charge in [0.25, 0.3) is 5.91 Å². The molecule has 1 aromatic heterocycles. The van der Waals surface area contributed by atoms with Gasteiger partial charge in [-0.15, -0.1) is 0 Å². The van der Waals surface area contributed by atoms with Crippen LogP contribution in [0.1, 0.15) is 66.0 Å². The number of rotatable bonds is 8. The number of sulfonamides is 1. The molecule has 3 N–H and O–H groups in total. The van der Waals surface area contributed by atoms with Crippen molar-refractivity contribution in [3.05, 3.63) is 46.3 Å². The van der Waals surface area contributed by atoms with Gasteiger partial charge in [-0.1, -0.05) is 0 Å². The number of ether oxygens (including phenoxy) is 1. The van der Waals surface area contributed by atoms with Crippen LogP contribution in [-0.4, -0.2) is 43.4 Å². The third kappa shape index (κ3) is 4.77. The number of nitrogens with one attached hydrogen (secondary N) is 3. The maximum Gasteiger partial charge on any atom is 0.306 e. The maximum atomic E-state index is 12.8. The fraction of sp³-hybridized carbons (Fsp3) is 0.375. The zero-order valence-corrected chi connectivity index (χ0v) is 19.9. The lowest BCUT2D eigenvalue weighted by molar-refractivity contribution is -0.143. The molecule has 0 unspecified atom stereocenters. The molecule has 0 atom stereocenters. The van der Waals surface area contributed by atoms with Gasteiger partial charge in [-0.2, -0.15) is 0 Å². The molecule has 0 fully saturated rings. The van der Waals surface area contributed by atoms with Gasteiger partial charge < -0.3 is 15.0 Å². The first-order chi connectivity index (χ1) is 16.2. The Bertz CT molecular complexity index is 1310. The standard InChI is InChI=1S/C24H27N3O6S/c1-3-33-22(29)11-9-15-20(25-19-6-5-7-21(28)23(15)19)13-17-16-12-14(27-34(31,32)4-2)8-10-18(16)26-24(17)30/h8,10,12-13,25,27H,3-7,9,11H2,1-2H3,(H,26,30)/b17-13-. The van der Waals surface area contributed by atoms with Crippen molar-refractivity contribution in [2.75, 3.05) is 22.4 Å². The molecule has 4 rings (SSSR count). The molecule has 0 bridgehead atoms. The Labute approximate surface area is 198 Å². The summed E-state index contributed by atoms with van der Waals surface area (Å²) in [6, 6.07) is 4.84. The van der Waals surface area contributed by atoms with E-state index in [1.54, 1.807) is 31.2 Å². The molecule has 1 aliphatic carbocycles. The Morgan fingerprint density at radius 3 is 2.74 bits per heavy atom. The number of hydrogen-bond donors (Lipinski definition) is 3. The van der Waals surface area contributed by atoms with E-state index in [2.05, 4.69) is 15.0 Å². The van der Waals surface area contributed by atoms with Crippen LogP contribution < -0.4 is 10.0 Å². The highest BCUT2D eigenvalue weighted by atomic mass is 32.2. The Hall–Kier alpha value is -3.40. The lowest BCUT2D eigenvalue weighted by Crippen LogP contribution is -2.14. The number of aromatic nitrogens is 1. The summed E-state index contributed by atoms with van der Waals surface area (Å²) in [6.07, 6.45) is 3.99. The Kier molecular flexibility index (Phi) is 6.60. The van der Waals surface area contributed by atoms with Gasteiger partial charge in [0, 0.05) is 46.7 Å². The Morgan fingerprint density at radius 2 is 2.00 bits per heavy atom. The van der Waals surface area contributed by atoms with Crippen molar-refractivity contribution in [2.45, 2.75) is 46.0 Å². The van der Waals surface area contributed by atoms with E-state index in [0.29, 0.717) is 58.6 Å². The van der Waals surface area contributed by atoms with Crippen LogP contribution in [0.15, 0.2) is 18.2 Å². The second-order valence-electron chi connectivity index (χ2n) is 8.23. The number of carbonyl (C=O) groups is 3. The highest BCUT2D eigenvalue weighted by Gasteiger charge is 2.29. The van der Waals surface area contributed by atoms with Gasteiger partial charge in [0.15, 0.2) is 5.78 Å². The van der Waals surface area contributed by atoms with Gasteiger partial charge in [0.05, 0.1) is 17.9 Å². The largest absolute Gasteiger partial charge is 0.466 e. The van der Waals surface area contributed by atoms with E-state index < -0.39 is 10.0 Å². The van der Waals surface area contributed by atoms with E-state index in [4.69, 9.17) is 4.74 Å². The number of Topliss-reactive ketones (excluding diaryl/α,β-unsaturated/α-hetero) is 1. The van der Waals surface area contributed by atoms with Crippen molar-refractivity contribution < 1.29 is 27.5 Å². The molecular weight excluding hydrogens is 458 g/mol. The molecule has 1 aliphatic heterocycles. The number of aromatic amines is 1. The Morgan fingerprint density at radius 1 is 1.21 bits per heavy atom. The van der Waals surface area contributed by atoms with Crippen molar-refractivity contribution in [1.29, 1.82) is 0 Å². The monoisotopic (exact) mass is 485 g/mol. The molecule has 180 valence electrons. The van der Waals surface area contributed by atoms with Gasteiger partial charge in [-0.05, 0) is 62.9 Å². The third-order valence-electron chi connectivity index (χ3n) is 5.95. The van der Waals surface area contributed by atoms with Gasteiger partial charge in [-0.3, -0.25) is 19.1 Å². The molecule has 9 nitrogen and oxygen atoms in total. The van der Waals surface area contributed by atoms with Crippen LogP contribution in [0.3, 0.4) is 0 Å². The molecule has 0 saturated heterocycles. The summed E-state index contributed by atoms with van der Waals surface area (Å²) in [4.78, 5) is 40.8. The highest BCUT2D eigenvalue weighted by molar-refractivity contribution is 7.92. The highest BCUT2D eigenvalue weighted by Crippen LogP contribution is 2.37. The van der Waals surface area contributed by atoms with E-state index in [9.17, 15) is 22.8 Å². The number of aryl methyl sites for hydroxylation is 1. The van der Waals surface area contributed by atoms with E-state index in [-0.39, 0.29) is 36.4 Å². The van der Waals surface area contributed by atoms with Gasteiger partial charge in [0.1, 0.15) is 0 Å². The normalized spacial score (nSPS) is 16.2. The summed E-state index contributed by atoms with van der Waals surface area (Å²) >= 11 is 0. The minimum Gasteiger partial charge on any atom is -0.466 e. The number of ketones is 1. The number of hydrogen-bond acceptors (Lipinski definition) is 6. The minimum absolute atomic E-state index is 0.0218. The van der Waals surface area contributed by atoms with E-state index in [1.807, 2.05) is 0 Å². The first-order valence-corrected chi connectivity index (χ1v) is 13.0. The second kappa shape index (κ2) is 9.46. The number of fused-ring (bicyclic) bond motifs is 2. The van der Waals surface area contributed by atoms with E-state index in [1.165, 1.54) is 6.92 Å². The number of benzene rings is 1. The smallest absolute Gasteiger partial charge is 0.306 e. The summed E-state index contributed by atoms with van der Waals surface area (Å²) < 4.78 is 31.5. The average Bonchev–Trinajstić information content (AvgIpc) is 3.30. The minimum atomic E-state index is -3.48. The first-order valence-electron chi connectivity index (χ1n) is 11.3. The molecule has 10 heteroatoms. The van der Waals surface area contributed by atoms with Crippen LogP contribution in [0.4, 0.5) is 11.4 Å². The fourth-order valence-corrected chi connectivity index (χ4v) is 4.96. The quantitative estimate of drug-likeness (QED) is 0.388. The molecule has 2 aliphatic rings. The summed E-state index contributed by atoms with van der Waals surface area (Å²) in [7, 11) is -3.48. The summed E-state index contributed by atoms with van der Waals surface area (Å²) in [6.45, 7) is 3.56. The molecule has 0 radical (unpaired) electrons. The Balaban J connectivity index is 1.75. The lowest BCUT2D eigenvalue weighted by atomic mass is 9.91. The molecule has 1 amide bonds. The van der Waals surface area contributed by atoms with E-state index in [0.717, 1.165) is 12.1 Å². The van der Waals surface area contributed by atoms with Gasteiger partial charge in [-0.25, -0.2) is 8.42 Å². The zero-order valence-electron chi connectivity index (χ0n) is 19.1. The average molecular weight is 486 g/mol. The SMILES string of the molecule is CCOC(=O)CCc1c(/C=C2\C(=O)Nc3ccc(NS(=O)(=O)CC)cc32)[nH]c2c1C(=O)CCC2. The summed E-state index contributed by atoms with van der Waals surface area (Å²) in [5.74, 6) is -0.735. The van der Waals surface area contributed by atoms with Crippen molar-refractivity contribution in [1.82, 2.24) is 4.98 Å². The van der Waals surface area contributed by atoms with Gasteiger partial charge >= 0.3 is 5.97 Å². The zero-order chi connectivity index (χ0) is 24.5. The van der Waals surface area contributed by atoms with Crippen LogP contribution in [-0.2, 0) is 37.2 Å². The number of H-pyrrole nitrogens is 1. The second-order valence-corrected chi connectivity index (χ2v) is 10.2. The summed E-state index contributed by atoms with van der Waals surface area (Å²) in [5.41, 5.74) is 4.53. The molecule has 2 aromatic rings. The van der Waals surface area contributed by atoms with Crippen molar-refractivity contribution in [2.24, 2.45) is 0 Å². The molecule has 0 saturated carbocycles. The third-order valence-corrected chi connectivity index (χ3v) is 7.26. The number of anilines is 2. The molecular formula is C24H27N3O6S. The number of amides is 1. The molecule has 34 heavy (non-hydrogen) atoms.